The molecule has 2 heterocycles. The number of hydrogen-bond donors (Lipinski definition) is 0. The molecule has 0 radical (unpaired) electrons. The number of nitrogens with zero attached hydrogens (tertiary/aromatic N) is 2. The van der Waals surface area contributed by atoms with Gasteiger partial charge in [0.05, 0.1) is 10.4 Å². The third-order valence-corrected chi connectivity index (χ3v) is 6.17. The van der Waals surface area contributed by atoms with Gasteiger partial charge in [0.1, 0.15) is 12.4 Å². The molecule has 0 atom stereocenters. The smallest absolute Gasteiger partial charge is 0.338 e. The summed E-state index contributed by atoms with van der Waals surface area (Å²) in [5.74, 6) is -0.208. The van der Waals surface area contributed by atoms with Crippen molar-refractivity contribution < 1.29 is 23.9 Å². The highest BCUT2D eigenvalue weighted by molar-refractivity contribution is 7.12. The Morgan fingerprint density at radius 3 is 2.18 bits per heavy atom. The SMILES string of the molecule is O=C(OCC(=O)N1CCN(C(=O)c2cccs2)CC1)c1ccc(OCc2ccccc2)cc1. The van der Waals surface area contributed by atoms with Crippen LogP contribution >= 0.6 is 11.3 Å². The van der Waals surface area contributed by atoms with Crippen molar-refractivity contribution in [2.45, 2.75) is 6.61 Å². The zero-order valence-corrected chi connectivity index (χ0v) is 18.8. The summed E-state index contributed by atoms with van der Waals surface area (Å²) in [7, 11) is 0. The molecule has 1 saturated heterocycles. The number of piperazine rings is 1. The minimum atomic E-state index is -0.565. The number of amides is 2. The minimum absolute atomic E-state index is 0.0141. The summed E-state index contributed by atoms with van der Waals surface area (Å²) in [5, 5.41) is 1.87. The van der Waals surface area contributed by atoms with Gasteiger partial charge in [-0.3, -0.25) is 9.59 Å². The van der Waals surface area contributed by atoms with Crippen LogP contribution < -0.4 is 4.74 Å². The van der Waals surface area contributed by atoms with Gasteiger partial charge in [-0.1, -0.05) is 36.4 Å². The molecule has 3 aromatic rings. The molecule has 33 heavy (non-hydrogen) atoms. The molecular weight excluding hydrogens is 440 g/mol. The van der Waals surface area contributed by atoms with E-state index in [0.29, 0.717) is 49.0 Å². The summed E-state index contributed by atoms with van der Waals surface area (Å²) >= 11 is 1.41. The van der Waals surface area contributed by atoms with E-state index in [-0.39, 0.29) is 18.4 Å². The summed E-state index contributed by atoms with van der Waals surface area (Å²) in [6.45, 7) is 1.86. The van der Waals surface area contributed by atoms with Gasteiger partial charge in [-0.2, -0.15) is 0 Å². The van der Waals surface area contributed by atoms with Crippen LogP contribution in [0.1, 0.15) is 25.6 Å². The first-order valence-electron chi connectivity index (χ1n) is 10.6. The molecule has 0 N–H and O–H groups in total. The third kappa shape index (κ3) is 5.98. The first-order chi connectivity index (χ1) is 16.1. The molecule has 170 valence electrons. The Labute approximate surface area is 196 Å². The molecule has 0 bridgehead atoms. The van der Waals surface area contributed by atoms with Gasteiger partial charge < -0.3 is 19.3 Å². The van der Waals surface area contributed by atoms with Crippen molar-refractivity contribution in [3.63, 3.8) is 0 Å². The molecule has 8 heteroatoms. The van der Waals surface area contributed by atoms with Crippen LogP contribution in [0, 0.1) is 0 Å². The van der Waals surface area contributed by atoms with Crippen LogP contribution in [0.3, 0.4) is 0 Å². The predicted octanol–water partition coefficient (Wildman–Crippen LogP) is 3.47. The molecule has 0 spiro atoms. The van der Waals surface area contributed by atoms with Crippen molar-refractivity contribution in [1.82, 2.24) is 9.80 Å². The van der Waals surface area contributed by atoms with Crippen LogP contribution in [-0.2, 0) is 16.1 Å². The van der Waals surface area contributed by atoms with E-state index in [4.69, 9.17) is 9.47 Å². The third-order valence-electron chi connectivity index (χ3n) is 5.32. The fraction of sp³-hybridized carbons (Fsp3) is 0.240. The van der Waals surface area contributed by atoms with E-state index >= 15 is 0 Å². The number of thiophene rings is 1. The average molecular weight is 465 g/mol. The van der Waals surface area contributed by atoms with Gasteiger partial charge in [0.15, 0.2) is 6.61 Å². The van der Waals surface area contributed by atoms with E-state index < -0.39 is 5.97 Å². The molecule has 1 fully saturated rings. The molecule has 0 saturated carbocycles. The van der Waals surface area contributed by atoms with Gasteiger partial charge in [-0.05, 0) is 41.3 Å². The van der Waals surface area contributed by atoms with E-state index in [1.54, 1.807) is 40.1 Å². The summed E-state index contributed by atoms with van der Waals surface area (Å²) in [6, 6.07) is 20.1. The molecule has 4 rings (SSSR count). The lowest BCUT2D eigenvalue weighted by molar-refractivity contribution is -0.136. The van der Waals surface area contributed by atoms with Crippen LogP contribution in [0.4, 0.5) is 0 Å². The van der Waals surface area contributed by atoms with Crippen molar-refractivity contribution in [1.29, 1.82) is 0 Å². The fourth-order valence-electron chi connectivity index (χ4n) is 3.45. The molecular formula is C25H24N2O5S. The molecule has 0 unspecified atom stereocenters. The minimum Gasteiger partial charge on any atom is -0.489 e. The zero-order valence-electron chi connectivity index (χ0n) is 18.0. The Morgan fingerprint density at radius 2 is 1.52 bits per heavy atom. The number of carbonyl (C=O) groups excluding carboxylic acids is 3. The maximum absolute atomic E-state index is 12.4. The number of benzene rings is 2. The maximum atomic E-state index is 12.4. The van der Waals surface area contributed by atoms with E-state index in [2.05, 4.69) is 0 Å². The lowest BCUT2D eigenvalue weighted by Crippen LogP contribution is -2.51. The van der Waals surface area contributed by atoms with Crippen LogP contribution in [0.15, 0.2) is 72.1 Å². The Morgan fingerprint density at radius 1 is 0.818 bits per heavy atom. The molecule has 7 nitrogen and oxygen atoms in total. The maximum Gasteiger partial charge on any atom is 0.338 e. The first kappa shape index (κ1) is 22.5. The quantitative estimate of drug-likeness (QED) is 0.501. The highest BCUT2D eigenvalue weighted by Gasteiger charge is 2.25. The van der Waals surface area contributed by atoms with Crippen LogP contribution in [-0.4, -0.2) is 60.4 Å². The predicted molar refractivity (Wildman–Crippen MR) is 124 cm³/mol. The number of hydrogen-bond acceptors (Lipinski definition) is 6. The van der Waals surface area contributed by atoms with Gasteiger partial charge in [-0.25, -0.2) is 4.79 Å². The molecule has 2 aromatic carbocycles. The molecule has 1 aromatic heterocycles. The van der Waals surface area contributed by atoms with Crippen molar-refractivity contribution in [2.75, 3.05) is 32.8 Å². The normalized spacial score (nSPS) is 13.5. The lowest BCUT2D eigenvalue weighted by atomic mass is 10.2. The molecule has 2 amide bonds. The summed E-state index contributed by atoms with van der Waals surface area (Å²) in [5.41, 5.74) is 1.40. The Hall–Kier alpha value is -3.65. The molecule has 0 aliphatic carbocycles. The standard InChI is InChI=1S/C25H24N2O5S/c28-23(26-12-14-27(15-13-26)24(29)22-7-4-16-33-22)18-32-25(30)20-8-10-21(11-9-20)31-17-19-5-2-1-3-6-19/h1-11,16H,12-15,17-18H2. The average Bonchev–Trinajstić information content (AvgIpc) is 3.41. The monoisotopic (exact) mass is 464 g/mol. The topological polar surface area (TPSA) is 76.2 Å². The Bertz CT molecular complexity index is 1080. The summed E-state index contributed by atoms with van der Waals surface area (Å²) < 4.78 is 10.9. The number of ether oxygens (including phenoxy) is 2. The van der Waals surface area contributed by atoms with Gasteiger partial charge >= 0.3 is 5.97 Å². The number of esters is 1. The molecule has 1 aliphatic heterocycles. The van der Waals surface area contributed by atoms with E-state index in [9.17, 15) is 14.4 Å². The number of carbonyl (C=O) groups is 3. The first-order valence-corrected chi connectivity index (χ1v) is 11.5. The Balaban J connectivity index is 1.20. The van der Waals surface area contributed by atoms with Crippen molar-refractivity contribution in [3.05, 3.63) is 88.1 Å². The lowest BCUT2D eigenvalue weighted by Gasteiger charge is -2.34. The highest BCUT2D eigenvalue weighted by Crippen LogP contribution is 2.16. The second kappa shape index (κ2) is 10.8. The van der Waals surface area contributed by atoms with Crippen LogP contribution in [0.25, 0.3) is 0 Å². The van der Waals surface area contributed by atoms with E-state index in [1.807, 2.05) is 41.8 Å². The zero-order chi connectivity index (χ0) is 23.0. The highest BCUT2D eigenvalue weighted by atomic mass is 32.1. The number of rotatable bonds is 7. The van der Waals surface area contributed by atoms with E-state index in [1.165, 1.54) is 11.3 Å². The summed E-state index contributed by atoms with van der Waals surface area (Å²) in [6.07, 6.45) is 0. The van der Waals surface area contributed by atoms with Crippen molar-refractivity contribution >= 4 is 29.1 Å². The van der Waals surface area contributed by atoms with Crippen LogP contribution in [0.5, 0.6) is 5.75 Å². The molecule has 1 aliphatic rings. The summed E-state index contributed by atoms with van der Waals surface area (Å²) in [4.78, 5) is 41.2. The van der Waals surface area contributed by atoms with Gasteiger partial charge in [-0.15, -0.1) is 11.3 Å². The second-order valence-electron chi connectivity index (χ2n) is 7.53. The largest absolute Gasteiger partial charge is 0.489 e. The van der Waals surface area contributed by atoms with Crippen molar-refractivity contribution in [2.24, 2.45) is 0 Å². The van der Waals surface area contributed by atoms with Gasteiger partial charge in [0, 0.05) is 26.2 Å². The van der Waals surface area contributed by atoms with Gasteiger partial charge in [0.2, 0.25) is 0 Å². The van der Waals surface area contributed by atoms with Crippen LogP contribution in [0.2, 0.25) is 0 Å². The Kier molecular flexibility index (Phi) is 7.36. The van der Waals surface area contributed by atoms with E-state index in [0.717, 1.165) is 5.56 Å². The van der Waals surface area contributed by atoms with Crippen molar-refractivity contribution in [3.8, 4) is 5.75 Å². The van der Waals surface area contributed by atoms with Gasteiger partial charge in [0.25, 0.3) is 11.8 Å². The second-order valence-corrected chi connectivity index (χ2v) is 8.47. The fourth-order valence-corrected chi connectivity index (χ4v) is 4.14.